The Morgan fingerprint density at radius 3 is 2.94 bits per heavy atom. The monoisotopic (exact) mass is 238 g/mol. The maximum absolute atomic E-state index is 11.9. The summed E-state index contributed by atoms with van der Waals surface area (Å²) in [6.45, 7) is 2.16. The minimum Gasteiger partial charge on any atom is -0.317 e. The molecule has 16 heavy (non-hydrogen) atoms. The zero-order valence-corrected chi connectivity index (χ0v) is 10.2. The lowest BCUT2D eigenvalue weighted by Crippen LogP contribution is -2.30. The average molecular weight is 238 g/mol. The Kier molecular flexibility index (Phi) is 4.48. The van der Waals surface area contributed by atoms with Crippen LogP contribution in [0.4, 0.5) is 0 Å². The third kappa shape index (κ3) is 3.68. The van der Waals surface area contributed by atoms with Crippen LogP contribution in [0.5, 0.6) is 0 Å². The lowest BCUT2D eigenvalue weighted by molar-refractivity contribution is 0.405. The molecule has 0 spiro atoms. The van der Waals surface area contributed by atoms with Crippen molar-refractivity contribution in [2.45, 2.75) is 18.6 Å². The highest BCUT2D eigenvalue weighted by Crippen LogP contribution is 2.14. The van der Waals surface area contributed by atoms with Crippen LogP contribution < -0.4 is 5.32 Å². The van der Waals surface area contributed by atoms with Crippen molar-refractivity contribution in [2.75, 3.05) is 18.8 Å². The van der Waals surface area contributed by atoms with Gasteiger partial charge in [0.05, 0.1) is 5.75 Å². The molecule has 0 radical (unpaired) electrons. The van der Waals surface area contributed by atoms with Gasteiger partial charge in [0.1, 0.15) is 0 Å². The summed E-state index contributed by atoms with van der Waals surface area (Å²) < 4.78 is 11.9. The second kappa shape index (κ2) is 6.11. The second-order valence-electron chi connectivity index (χ2n) is 4.31. The first-order valence-electron chi connectivity index (χ1n) is 5.79. The highest BCUT2D eigenvalue weighted by atomic mass is 32.2. The van der Waals surface area contributed by atoms with Gasteiger partial charge in [0.2, 0.25) is 0 Å². The lowest BCUT2D eigenvalue weighted by atomic mass is 10.0. The van der Waals surface area contributed by atoms with Crippen LogP contribution >= 0.6 is 0 Å². The SMILES string of the molecule is O=S(Cc1cccnc1)CC1CCNCC1. The van der Waals surface area contributed by atoms with Gasteiger partial charge in [-0.15, -0.1) is 0 Å². The molecule has 4 heteroatoms. The van der Waals surface area contributed by atoms with Gasteiger partial charge in [-0.25, -0.2) is 0 Å². The van der Waals surface area contributed by atoms with Gasteiger partial charge in [-0.05, 0) is 43.5 Å². The quantitative estimate of drug-likeness (QED) is 0.860. The molecule has 0 amide bonds. The van der Waals surface area contributed by atoms with Crippen molar-refractivity contribution in [3.8, 4) is 0 Å². The fraction of sp³-hybridized carbons (Fsp3) is 0.583. The number of hydrogen-bond acceptors (Lipinski definition) is 3. The Morgan fingerprint density at radius 2 is 2.25 bits per heavy atom. The minimum absolute atomic E-state index is 0.638. The van der Waals surface area contributed by atoms with Crippen molar-refractivity contribution in [1.29, 1.82) is 0 Å². The van der Waals surface area contributed by atoms with Gasteiger partial charge in [0.15, 0.2) is 0 Å². The summed E-state index contributed by atoms with van der Waals surface area (Å²) in [5.41, 5.74) is 1.08. The molecule has 0 aromatic carbocycles. The van der Waals surface area contributed by atoms with Crippen LogP contribution in [0.1, 0.15) is 18.4 Å². The Labute approximate surface area is 99.1 Å². The molecule has 1 unspecified atom stereocenters. The van der Waals surface area contributed by atoms with Gasteiger partial charge in [-0.3, -0.25) is 9.19 Å². The normalized spacial score (nSPS) is 19.5. The van der Waals surface area contributed by atoms with Crippen LogP contribution in [0.25, 0.3) is 0 Å². The summed E-state index contributed by atoms with van der Waals surface area (Å²) in [4.78, 5) is 4.04. The van der Waals surface area contributed by atoms with E-state index in [2.05, 4.69) is 10.3 Å². The number of piperidine rings is 1. The van der Waals surface area contributed by atoms with Crippen molar-refractivity contribution in [1.82, 2.24) is 10.3 Å². The fourth-order valence-corrected chi connectivity index (χ4v) is 3.56. The zero-order chi connectivity index (χ0) is 11.2. The van der Waals surface area contributed by atoms with Crippen molar-refractivity contribution in [2.24, 2.45) is 5.92 Å². The van der Waals surface area contributed by atoms with E-state index in [0.29, 0.717) is 11.7 Å². The largest absolute Gasteiger partial charge is 0.317 e. The smallest absolute Gasteiger partial charge is 0.0500 e. The van der Waals surface area contributed by atoms with Crippen molar-refractivity contribution in [3.63, 3.8) is 0 Å². The van der Waals surface area contributed by atoms with E-state index in [1.54, 1.807) is 12.4 Å². The van der Waals surface area contributed by atoms with E-state index in [1.165, 1.54) is 12.8 Å². The molecule has 2 heterocycles. The Balaban J connectivity index is 1.80. The Hall–Kier alpha value is -0.740. The van der Waals surface area contributed by atoms with Gasteiger partial charge in [0.25, 0.3) is 0 Å². The third-order valence-corrected chi connectivity index (χ3v) is 4.43. The Morgan fingerprint density at radius 1 is 1.44 bits per heavy atom. The van der Waals surface area contributed by atoms with Crippen molar-refractivity contribution < 1.29 is 4.21 Å². The molecule has 1 aromatic rings. The van der Waals surface area contributed by atoms with Gasteiger partial charge < -0.3 is 5.32 Å². The van der Waals surface area contributed by atoms with Crippen LogP contribution in [0.15, 0.2) is 24.5 Å². The van der Waals surface area contributed by atoms with Crippen LogP contribution in [-0.2, 0) is 16.6 Å². The predicted molar refractivity (Wildman–Crippen MR) is 66.5 cm³/mol. The molecule has 0 bridgehead atoms. The molecule has 88 valence electrons. The first-order chi connectivity index (χ1) is 7.84. The first kappa shape index (κ1) is 11.7. The molecule has 1 aliphatic rings. The summed E-state index contributed by atoms with van der Waals surface area (Å²) in [5.74, 6) is 2.13. The number of nitrogens with zero attached hydrogens (tertiary/aromatic N) is 1. The summed E-state index contributed by atoms with van der Waals surface area (Å²) in [5, 5.41) is 3.33. The van der Waals surface area contributed by atoms with E-state index < -0.39 is 10.8 Å². The van der Waals surface area contributed by atoms with Crippen LogP contribution in [0.2, 0.25) is 0 Å². The molecule has 3 nitrogen and oxygen atoms in total. The Bertz CT molecular complexity index is 336. The molecule has 1 saturated heterocycles. The molecule has 1 atom stereocenters. The van der Waals surface area contributed by atoms with Crippen molar-refractivity contribution in [3.05, 3.63) is 30.1 Å². The van der Waals surface area contributed by atoms with E-state index in [9.17, 15) is 4.21 Å². The number of pyridine rings is 1. The van der Waals surface area contributed by atoms with E-state index in [-0.39, 0.29) is 0 Å². The van der Waals surface area contributed by atoms with Crippen LogP contribution in [0, 0.1) is 5.92 Å². The molecule has 1 aliphatic heterocycles. The molecule has 1 N–H and O–H groups in total. The summed E-state index contributed by atoms with van der Waals surface area (Å²) >= 11 is 0. The standard InChI is InChI=1S/C12H18N2OS/c15-16(9-11-3-6-13-7-4-11)10-12-2-1-5-14-8-12/h1-2,5,8,11,13H,3-4,6-7,9-10H2. The van der Waals surface area contributed by atoms with Crippen LogP contribution in [-0.4, -0.2) is 28.0 Å². The molecule has 2 rings (SSSR count). The zero-order valence-electron chi connectivity index (χ0n) is 9.39. The molecule has 0 saturated carbocycles. The summed E-state index contributed by atoms with van der Waals surface area (Å²) in [6.07, 6.45) is 5.89. The van der Waals surface area contributed by atoms with E-state index in [4.69, 9.17) is 0 Å². The molecule has 0 aliphatic carbocycles. The number of rotatable bonds is 4. The summed E-state index contributed by atoms with van der Waals surface area (Å²) in [7, 11) is -0.736. The number of nitrogens with one attached hydrogen (secondary N) is 1. The van der Waals surface area contributed by atoms with Crippen molar-refractivity contribution >= 4 is 10.8 Å². The van der Waals surface area contributed by atoms with E-state index in [0.717, 1.165) is 24.4 Å². The lowest BCUT2D eigenvalue weighted by Gasteiger charge is -2.21. The highest BCUT2D eigenvalue weighted by molar-refractivity contribution is 7.84. The fourth-order valence-electron chi connectivity index (χ4n) is 2.04. The van der Waals surface area contributed by atoms with Crippen LogP contribution in [0.3, 0.4) is 0 Å². The van der Waals surface area contributed by atoms with Gasteiger partial charge in [-0.2, -0.15) is 0 Å². The maximum Gasteiger partial charge on any atom is 0.0500 e. The topological polar surface area (TPSA) is 42.0 Å². The maximum atomic E-state index is 11.9. The minimum atomic E-state index is -0.736. The van der Waals surface area contributed by atoms with E-state index >= 15 is 0 Å². The average Bonchev–Trinajstić information content (AvgIpc) is 2.31. The number of hydrogen-bond donors (Lipinski definition) is 1. The van der Waals surface area contributed by atoms with Gasteiger partial charge in [0, 0.05) is 28.9 Å². The molecule has 1 aromatic heterocycles. The van der Waals surface area contributed by atoms with E-state index in [1.807, 2.05) is 12.1 Å². The van der Waals surface area contributed by atoms with Gasteiger partial charge in [-0.1, -0.05) is 6.07 Å². The molecular formula is C12H18N2OS. The number of aromatic nitrogens is 1. The highest BCUT2D eigenvalue weighted by Gasteiger charge is 2.15. The van der Waals surface area contributed by atoms with Gasteiger partial charge >= 0.3 is 0 Å². The summed E-state index contributed by atoms with van der Waals surface area (Å²) in [6, 6.07) is 3.89. The first-order valence-corrected chi connectivity index (χ1v) is 7.28. The second-order valence-corrected chi connectivity index (χ2v) is 5.81. The molecular weight excluding hydrogens is 220 g/mol. The molecule has 1 fully saturated rings. The predicted octanol–water partition coefficient (Wildman–Crippen LogP) is 1.33. The third-order valence-electron chi connectivity index (χ3n) is 2.93.